The van der Waals surface area contributed by atoms with Crippen molar-refractivity contribution in [1.82, 2.24) is 0 Å². The summed E-state index contributed by atoms with van der Waals surface area (Å²) in [5.74, 6) is 0. The van der Waals surface area contributed by atoms with Gasteiger partial charge in [-0.25, -0.2) is 0 Å². The van der Waals surface area contributed by atoms with E-state index in [1.807, 2.05) is 0 Å². The van der Waals surface area contributed by atoms with Gasteiger partial charge >= 0.3 is 21.8 Å². The van der Waals surface area contributed by atoms with E-state index in [1.54, 1.807) is 13.8 Å². The molecule has 0 unspecified atom stereocenters. The van der Waals surface area contributed by atoms with Gasteiger partial charge in [-0.1, -0.05) is 41.5 Å². The molecule has 0 spiro atoms. The maximum Gasteiger partial charge on any atom is 0.524 e. The van der Waals surface area contributed by atoms with Gasteiger partial charge in [-0.05, 0) is 66.6 Å². The SMILES string of the molecule is Cc1ccc(S(OS(=O)(=O)C(F)(F)F)(c2ccc(C)cc2)c2cccc(C(F)(F)F)c2)cc1. The molecule has 178 valence electrons. The number of benzene rings is 3. The minimum Gasteiger partial charge on any atom is -0.200 e. The number of hydrogen-bond donors (Lipinski definition) is 0. The van der Waals surface area contributed by atoms with Crippen molar-refractivity contribution in [2.45, 2.75) is 40.2 Å². The molecule has 11 heteroatoms. The first kappa shape index (κ1) is 25.1. The van der Waals surface area contributed by atoms with Gasteiger partial charge in [0.2, 0.25) is 0 Å². The predicted octanol–water partition coefficient (Wildman–Crippen LogP) is 7.39. The standard InChI is InChI=1S/C22H18F6O3S2/c1-15-6-10-18(11-7-15)32(19-12-8-16(2)9-13-19,31-33(29,30)22(26,27)28)20-5-3-4-17(14-20)21(23,24)25/h3-14H,1-2H3. The summed E-state index contributed by atoms with van der Waals surface area (Å²) < 4.78 is 110. The Balaban J connectivity index is 2.45. The highest BCUT2D eigenvalue weighted by atomic mass is 32.3. The Kier molecular flexibility index (Phi) is 6.62. The Morgan fingerprint density at radius 1 is 0.667 bits per heavy atom. The van der Waals surface area contributed by atoms with Crippen LogP contribution in [0, 0.1) is 13.8 Å². The number of halogens is 6. The molecule has 0 aliphatic carbocycles. The second kappa shape index (κ2) is 8.69. The topological polar surface area (TPSA) is 43.4 Å². The molecule has 0 saturated heterocycles. The maximum atomic E-state index is 13.5. The summed E-state index contributed by atoms with van der Waals surface area (Å²) in [5, 5.41) is 0. The summed E-state index contributed by atoms with van der Waals surface area (Å²) in [7, 11) is -10.0. The highest BCUT2D eigenvalue weighted by Crippen LogP contribution is 2.71. The van der Waals surface area contributed by atoms with Crippen molar-refractivity contribution in [3.05, 3.63) is 89.5 Å². The van der Waals surface area contributed by atoms with Crippen molar-refractivity contribution in [2.24, 2.45) is 0 Å². The normalized spacial score (nSPS) is 13.7. The monoisotopic (exact) mass is 508 g/mol. The van der Waals surface area contributed by atoms with E-state index in [2.05, 4.69) is 0 Å². The van der Waals surface area contributed by atoms with E-state index >= 15 is 0 Å². The van der Waals surface area contributed by atoms with Crippen LogP contribution in [-0.4, -0.2) is 13.9 Å². The van der Waals surface area contributed by atoms with Crippen LogP contribution in [0.15, 0.2) is 87.5 Å². The molecule has 0 heterocycles. The number of alkyl halides is 6. The second-order valence-electron chi connectivity index (χ2n) is 7.18. The Bertz CT molecular complexity index is 1190. The fourth-order valence-electron chi connectivity index (χ4n) is 3.01. The van der Waals surface area contributed by atoms with Crippen LogP contribution in [0.5, 0.6) is 0 Å². The molecule has 0 fully saturated rings. The van der Waals surface area contributed by atoms with Gasteiger partial charge in [0.1, 0.15) is 0 Å². The van der Waals surface area contributed by atoms with Crippen molar-refractivity contribution in [3.8, 4) is 0 Å². The van der Waals surface area contributed by atoms with Gasteiger partial charge in [-0.15, -0.1) is 0 Å². The second-order valence-corrected chi connectivity index (χ2v) is 11.6. The Hall–Kier alpha value is -2.50. The van der Waals surface area contributed by atoms with Crippen LogP contribution in [0.4, 0.5) is 26.3 Å². The summed E-state index contributed by atoms with van der Waals surface area (Å²) in [6.07, 6.45) is -4.81. The highest BCUT2D eigenvalue weighted by Gasteiger charge is 2.52. The third-order valence-corrected chi connectivity index (χ3v) is 9.56. The van der Waals surface area contributed by atoms with Crippen LogP contribution in [0.2, 0.25) is 0 Å². The lowest BCUT2D eigenvalue weighted by atomic mass is 10.2. The Labute approximate surface area is 188 Å². The lowest BCUT2D eigenvalue weighted by Crippen LogP contribution is -2.27. The molecule has 0 aliphatic heterocycles. The van der Waals surface area contributed by atoms with Crippen LogP contribution in [-0.2, 0) is 19.9 Å². The summed E-state index contributed by atoms with van der Waals surface area (Å²) in [6, 6.07) is 15.0. The molecular weight excluding hydrogens is 490 g/mol. The van der Waals surface area contributed by atoms with Crippen molar-refractivity contribution >= 4 is 20.4 Å². The minimum absolute atomic E-state index is 0.0101. The summed E-state index contributed by atoms with van der Waals surface area (Å²) in [6.45, 7) is 3.40. The fraction of sp³-hybridized carbons (Fsp3) is 0.182. The molecule has 0 aliphatic rings. The van der Waals surface area contributed by atoms with E-state index in [4.69, 9.17) is 3.63 Å². The zero-order chi connectivity index (χ0) is 24.7. The molecule has 3 aromatic rings. The van der Waals surface area contributed by atoms with Crippen LogP contribution in [0.25, 0.3) is 0 Å². The largest absolute Gasteiger partial charge is 0.524 e. The molecule has 33 heavy (non-hydrogen) atoms. The molecule has 3 aromatic carbocycles. The van der Waals surface area contributed by atoms with Gasteiger partial charge in [-0.2, -0.15) is 38.4 Å². The van der Waals surface area contributed by atoms with E-state index in [1.165, 1.54) is 48.5 Å². The maximum absolute atomic E-state index is 13.5. The molecular formula is C22H18F6O3S2. The number of hydrogen-bond acceptors (Lipinski definition) is 3. The summed E-state index contributed by atoms with van der Waals surface area (Å²) >= 11 is 0. The number of rotatable bonds is 5. The zero-order valence-corrected chi connectivity index (χ0v) is 18.9. The van der Waals surface area contributed by atoms with E-state index < -0.39 is 37.7 Å². The molecule has 0 amide bonds. The van der Waals surface area contributed by atoms with Gasteiger partial charge in [-0.3, -0.25) is 0 Å². The average Bonchev–Trinajstić information content (AvgIpc) is 2.72. The van der Waals surface area contributed by atoms with Crippen LogP contribution in [0.1, 0.15) is 16.7 Å². The highest BCUT2D eigenvalue weighted by molar-refractivity contribution is 8.33. The third kappa shape index (κ3) is 5.04. The molecule has 0 aromatic heterocycles. The van der Waals surface area contributed by atoms with Crippen LogP contribution in [0.3, 0.4) is 0 Å². The Morgan fingerprint density at radius 3 is 1.52 bits per heavy atom. The third-order valence-electron chi connectivity index (χ3n) is 4.67. The molecule has 0 bridgehead atoms. The van der Waals surface area contributed by atoms with Crippen LogP contribution >= 0.6 is 10.3 Å². The molecule has 3 nitrogen and oxygen atoms in total. The summed E-state index contributed by atoms with van der Waals surface area (Å²) in [5.41, 5.74) is -5.52. The lowest BCUT2D eigenvalue weighted by molar-refractivity contribution is -0.137. The minimum atomic E-state index is -6.21. The molecule has 3 rings (SSSR count). The fourth-order valence-corrected chi connectivity index (χ4v) is 7.75. The Morgan fingerprint density at radius 2 is 1.12 bits per heavy atom. The van der Waals surface area contributed by atoms with Gasteiger partial charge < -0.3 is 0 Å². The van der Waals surface area contributed by atoms with Gasteiger partial charge in [0.25, 0.3) is 0 Å². The van der Waals surface area contributed by atoms with Crippen molar-refractivity contribution in [3.63, 3.8) is 0 Å². The molecule has 0 radical (unpaired) electrons. The first-order valence-electron chi connectivity index (χ1n) is 9.33. The van der Waals surface area contributed by atoms with E-state index in [9.17, 15) is 34.8 Å². The van der Waals surface area contributed by atoms with Gasteiger partial charge in [0, 0.05) is 14.7 Å². The first-order valence-corrected chi connectivity index (χ1v) is 12.3. The predicted molar refractivity (Wildman–Crippen MR) is 112 cm³/mol. The van der Waals surface area contributed by atoms with Gasteiger partial charge in [0.15, 0.2) is 0 Å². The van der Waals surface area contributed by atoms with Crippen molar-refractivity contribution < 1.29 is 38.4 Å². The quantitative estimate of drug-likeness (QED) is 0.267. The number of aryl methyl sites for hydroxylation is 2. The van der Waals surface area contributed by atoms with Crippen molar-refractivity contribution in [2.75, 3.05) is 0 Å². The molecule has 0 N–H and O–H groups in total. The van der Waals surface area contributed by atoms with Crippen LogP contribution < -0.4 is 0 Å². The summed E-state index contributed by atoms with van der Waals surface area (Å²) in [4.78, 5) is -0.369. The molecule has 0 saturated carbocycles. The molecule has 0 atom stereocenters. The van der Waals surface area contributed by atoms with Gasteiger partial charge in [0.05, 0.1) is 5.56 Å². The van der Waals surface area contributed by atoms with E-state index in [0.717, 1.165) is 18.2 Å². The lowest BCUT2D eigenvalue weighted by Gasteiger charge is -2.39. The van der Waals surface area contributed by atoms with Crippen molar-refractivity contribution in [1.29, 1.82) is 0 Å². The smallest absolute Gasteiger partial charge is 0.200 e. The first-order chi connectivity index (χ1) is 15.2. The van der Waals surface area contributed by atoms with E-state index in [0.29, 0.717) is 17.2 Å². The zero-order valence-electron chi connectivity index (χ0n) is 17.2. The average molecular weight is 509 g/mol. The van der Waals surface area contributed by atoms with E-state index in [-0.39, 0.29) is 14.7 Å².